The molecule has 3 heteroatoms. The zero-order chi connectivity index (χ0) is 11.8. The summed E-state index contributed by atoms with van der Waals surface area (Å²) in [5.41, 5.74) is 3.85. The molecule has 0 fully saturated rings. The van der Waals surface area contributed by atoms with Gasteiger partial charge in [0, 0.05) is 5.56 Å². The molecule has 1 rings (SSSR count). The van der Waals surface area contributed by atoms with Gasteiger partial charge < -0.3 is 0 Å². The molecule has 1 aromatic carbocycles. The van der Waals surface area contributed by atoms with Gasteiger partial charge in [-0.25, -0.2) is 5.48 Å². The van der Waals surface area contributed by atoms with E-state index in [4.69, 9.17) is 0 Å². The Morgan fingerprint density at radius 2 is 2.19 bits per heavy atom. The monoisotopic (exact) mass is 219 g/mol. The number of hydrogen-bond acceptors (Lipinski definition) is 2. The minimum absolute atomic E-state index is 0.223. The molecule has 0 aliphatic rings. The van der Waals surface area contributed by atoms with E-state index in [1.54, 1.807) is 6.07 Å². The number of unbranched alkanes of at least 4 members (excludes halogenated alkanes) is 1. The van der Waals surface area contributed by atoms with Gasteiger partial charge in [-0.2, -0.15) is 0 Å². The molecular weight excluding hydrogens is 202 g/mol. The largest absolute Gasteiger partial charge is 0.277 e. The van der Waals surface area contributed by atoms with Gasteiger partial charge in [-0.05, 0) is 18.1 Å². The molecule has 1 aromatic rings. The van der Waals surface area contributed by atoms with Gasteiger partial charge in [-0.1, -0.05) is 43.7 Å². The van der Waals surface area contributed by atoms with Crippen molar-refractivity contribution in [3.8, 4) is 0 Å². The van der Waals surface area contributed by atoms with E-state index in [1.807, 2.05) is 24.3 Å². The zero-order valence-corrected chi connectivity index (χ0v) is 9.69. The van der Waals surface area contributed by atoms with Crippen LogP contribution >= 0.6 is 0 Å². The average Bonchev–Trinajstić information content (AvgIpc) is 2.30. The second kappa shape index (κ2) is 6.80. The van der Waals surface area contributed by atoms with Crippen LogP contribution in [-0.4, -0.2) is 13.0 Å². The molecule has 3 nitrogen and oxygen atoms in total. The third-order valence-corrected chi connectivity index (χ3v) is 2.15. The smallest absolute Gasteiger partial charge is 0.275 e. The highest BCUT2D eigenvalue weighted by molar-refractivity contribution is 5.97. The van der Waals surface area contributed by atoms with Crippen LogP contribution in [0.4, 0.5) is 0 Å². The summed E-state index contributed by atoms with van der Waals surface area (Å²) < 4.78 is 0. The molecule has 0 aliphatic heterocycles. The lowest BCUT2D eigenvalue weighted by atomic mass is 10.1. The van der Waals surface area contributed by atoms with Crippen LogP contribution in [0.3, 0.4) is 0 Å². The summed E-state index contributed by atoms with van der Waals surface area (Å²) in [5.74, 6) is -0.223. The van der Waals surface area contributed by atoms with Gasteiger partial charge in [0.05, 0.1) is 7.11 Å². The van der Waals surface area contributed by atoms with Crippen LogP contribution in [0.1, 0.15) is 35.7 Å². The number of allylic oxidation sites excluding steroid dienone is 1. The number of amides is 1. The Kier molecular flexibility index (Phi) is 5.29. The van der Waals surface area contributed by atoms with E-state index in [0.717, 1.165) is 18.4 Å². The molecule has 0 radical (unpaired) electrons. The number of hydroxylamine groups is 1. The van der Waals surface area contributed by atoms with Crippen molar-refractivity contribution in [1.82, 2.24) is 5.48 Å². The standard InChI is InChI=1S/C13H17NO2/c1-3-4-5-8-11-9-6-7-10-12(11)13(15)14-16-2/h5-10H,3-4H2,1-2H3,(H,14,15)/b8-5+. The first-order valence-corrected chi connectivity index (χ1v) is 5.38. The van der Waals surface area contributed by atoms with E-state index in [9.17, 15) is 4.79 Å². The Balaban J connectivity index is 2.87. The normalized spacial score (nSPS) is 10.6. The molecule has 1 amide bonds. The van der Waals surface area contributed by atoms with Crippen molar-refractivity contribution in [1.29, 1.82) is 0 Å². The highest BCUT2D eigenvalue weighted by Crippen LogP contribution is 2.11. The Morgan fingerprint density at radius 3 is 2.88 bits per heavy atom. The summed E-state index contributed by atoms with van der Waals surface area (Å²) in [5, 5.41) is 0. The second-order valence-electron chi connectivity index (χ2n) is 3.41. The number of hydrogen-bond donors (Lipinski definition) is 1. The van der Waals surface area contributed by atoms with Gasteiger partial charge in [-0.3, -0.25) is 9.63 Å². The van der Waals surface area contributed by atoms with Crippen molar-refractivity contribution < 1.29 is 9.63 Å². The van der Waals surface area contributed by atoms with Crippen molar-refractivity contribution in [2.75, 3.05) is 7.11 Å². The van der Waals surface area contributed by atoms with Crippen LogP contribution in [0.2, 0.25) is 0 Å². The lowest BCUT2D eigenvalue weighted by molar-refractivity contribution is 0.0537. The van der Waals surface area contributed by atoms with Crippen molar-refractivity contribution >= 4 is 12.0 Å². The fraction of sp³-hybridized carbons (Fsp3) is 0.308. The predicted molar refractivity (Wildman–Crippen MR) is 64.9 cm³/mol. The van der Waals surface area contributed by atoms with Crippen LogP contribution in [-0.2, 0) is 4.84 Å². The van der Waals surface area contributed by atoms with Crippen LogP contribution < -0.4 is 5.48 Å². The van der Waals surface area contributed by atoms with Crippen LogP contribution in [0.5, 0.6) is 0 Å². The van der Waals surface area contributed by atoms with E-state index in [1.165, 1.54) is 7.11 Å². The molecule has 0 aromatic heterocycles. The van der Waals surface area contributed by atoms with E-state index >= 15 is 0 Å². The third kappa shape index (κ3) is 3.51. The van der Waals surface area contributed by atoms with E-state index < -0.39 is 0 Å². The van der Waals surface area contributed by atoms with Gasteiger partial charge >= 0.3 is 0 Å². The number of nitrogens with one attached hydrogen (secondary N) is 1. The first kappa shape index (κ1) is 12.5. The van der Waals surface area contributed by atoms with E-state index in [2.05, 4.69) is 23.3 Å². The Bertz CT molecular complexity index is 372. The topological polar surface area (TPSA) is 38.3 Å². The summed E-state index contributed by atoms with van der Waals surface area (Å²) in [6.45, 7) is 2.12. The molecule has 0 bridgehead atoms. The van der Waals surface area contributed by atoms with Gasteiger partial charge in [0.25, 0.3) is 5.91 Å². The van der Waals surface area contributed by atoms with Crippen molar-refractivity contribution in [3.63, 3.8) is 0 Å². The molecular formula is C13H17NO2. The molecule has 0 atom stereocenters. The number of carbonyl (C=O) groups is 1. The fourth-order valence-electron chi connectivity index (χ4n) is 1.37. The Hall–Kier alpha value is -1.61. The molecule has 0 saturated carbocycles. The van der Waals surface area contributed by atoms with Gasteiger partial charge in [0.1, 0.15) is 0 Å². The highest BCUT2D eigenvalue weighted by Gasteiger charge is 2.07. The summed E-state index contributed by atoms with van der Waals surface area (Å²) >= 11 is 0. The maximum atomic E-state index is 11.6. The maximum absolute atomic E-state index is 11.6. The van der Waals surface area contributed by atoms with Crippen molar-refractivity contribution in [3.05, 3.63) is 41.5 Å². The number of benzene rings is 1. The van der Waals surface area contributed by atoms with Crippen LogP contribution in [0, 0.1) is 0 Å². The Labute approximate surface area is 96.1 Å². The van der Waals surface area contributed by atoms with Gasteiger partial charge in [0.15, 0.2) is 0 Å². The lowest BCUT2D eigenvalue weighted by Crippen LogP contribution is -2.22. The quantitative estimate of drug-likeness (QED) is 0.773. The second-order valence-corrected chi connectivity index (χ2v) is 3.41. The minimum atomic E-state index is -0.223. The van der Waals surface area contributed by atoms with Gasteiger partial charge in [0.2, 0.25) is 0 Å². The van der Waals surface area contributed by atoms with Crippen LogP contribution in [0.15, 0.2) is 30.3 Å². The number of rotatable bonds is 5. The molecule has 0 saturated heterocycles. The molecule has 0 spiro atoms. The molecule has 16 heavy (non-hydrogen) atoms. The van der Waals surface area contributed by atoms with E-state index in [0.29, 0.717) is 5.56 Å². The van der Waals surface area contributed by atoms with Crippen molar-refractivity contribution in [2.24, 2.45) is 0 Å². The summed E-state index contributed by atoms with van der Waals surface area (Å²) in [6, 6.07) is 7.44. The molecule has 86 valence electrons. The summed E-state index contributed by atoms with van der Waals surface area (Å²) in [7, 11) is 1.42. The molecule has 1 N–H and O–H groups in total. The highest BCUT2D eigenvalue weighted by atomic mass is 16.6. The molecule has 0 heterocycles. The number of carbonyl (C=O) groups excluding carboxylic acids is 1. The minimum Gasteiger partial charge on any atom is -0.277 e. The summed E-state index contributed by atoms with van der Waals surface area (Å²) in [4.78, 5) is 16.2. The molecule has 0 unspecified atom stereocenters. The fourth-order valence-corrected chi connectivity index (χ4v) is 1.37. The third-order valence-electron chi connectivity index (χ3n) is 2.15. The zero-order valence-electron chi connectivity index (χ0n) is 9.69. The summed E-state index contributed by atoms with van der Waals surface area (Å²) in [6.07, 6.45) is 6.15. The molecule has 0 aliphatic carbocycles. The SMILES string of the molecule is CCC/C=C/c1ccccc1C(=O)NOC. The maximum Gasteiger partial charge on any atom is 0.275 e. The van der Waals surface area contributed by atoms with Gasteiger partial charge in [-0.15, -0.1) is 0 Å². The van der Waals surface area contributed by atoms with E-state index in [-0.39, 0.29) is 5.91 Å². The first-order valence-electron chi connectivity index (χ1n) is 5.38. The van der Waals surface area contributed by atoms with Crippen LogP contribution in [0.25, 0.3) is 6.08 Å². The average molecular weight is 219 g/mol. The predicted octanol–water partition coefficient (Wildman–Crippen LogP) is 2.79. The first-order chi connectivity index (χ1) is 7.79. The van der Waals surface area contributed by atoms with Crippen molar-refractivity contribution in [2.45, 2.75) is 19.8 Å². The Morgan fingerprint density at radius 1 is 1.44 bits per heavy atom. The lowest BCUT2D eigenvalue weighted by Gasteiger charge is -2.05.